The minimum absolute atomic E-state index is 0.0121. The second-order valence-corrected chi connectivity index (χ2v) is 7.58. The van der Waals surface area contributed by atoms with Gasteiger partial charge in [-0.1, -0.05) is 12.1 Å². The number of hydrogen-bond donors (Lipinski definition) is 1. The van der Waals surface area contributed by atoms with Crippen LogP contribution in [0.25, 0.3) is 0 Å². The summed E-state index contributed by atoms with van der Waals surface area (Å²) >= 11 is 0. The van der Waals surface area contributed by atoms with Crippen LogP contribution in [-0.4, -0.2) is 33.2 Å². The van der Waals surface area contributed by atoms with Gasteiger partial charge in [0, 0.05) is 50.0 Å². The molecular formula is C24H24N4O2. The summed E-state index contributed by atoms with van der Waals surface area (Å²) in [6, 6.07) is 15.7. The van der Waals surface area contributed by atoms with Crippen molar-refractivity contribution < 1.29 is 9.59 Å². The van der Waals surface area contributed by atoms with Crippen molar-refractivity contribution >= 4 is 17.5 Å². The van der Waals surface area contributed by atoms with E-state index in [2.05, 4.69) is 21.4 Å². The maximum atomic E-state index is 12.7. The Balaban J connectivity index is 1.33. The molecule has 0 aliphatic carbocycles. The van der Waals surface area contributed by atoms with Crippen molar-refractivity contribution in [1.82, 2.24) is 14.9 Å². The van der Waals surface area contributed by atoms with Crippen molar-refractivity contribution in [2.45, 2.75) is 25.8 Å². The summed E-state index contributed by atoms with van der Waals surface area (Å²) in [5.41, 5.74) is 4.18. The number of nitrogens with zero attached hydrogens (tertiary/aromatic N) is 3. The molecule has 6 nitrogen and oxygen atoms in total. The van der Waals surface area contributed by atoms with Crippen LogP contribution in [0.3, 0.4) is 0 Å². The van der Waals surface area contributed by atoms with E-state index in [1.165, 1.54) is 5.56 Å². The zero-order chi connectivity index (χ0) is 20.8. The zero-order valence-corrected chi connectivity index (χ0v) is 16.7. The van der Waals surface area contributed by atoms with Crippen LogP contribution in [0, 0.1) is 5.92 Å². The summed E-state index contributed by atoms with van der Waals surface area (Å²) in [6.45, 7) is 0.949. The lowest BCUT2D eigenvalue weighted by Crippen LogP contribution is -2.28. The van der Waals surface area contributed by atoms with Gasteiger partial charge in [0.05, 0.1) is 5.92 Å². The van der Waals surface area contributed by atoms with Gasteiger partial charge in [0.1, 0.15) is 0 Å². The molecule has 1 aromatic carbocycles. The molecular weight excluding hydrogens is 376 g/mol. The van der Waals surface area contributed by atoms with Gasteiger partial charge in [-0.3, -0.25) is 19.6 Å². The molecule has 1 fully saturated rings. The first-order chi connectivity index (χ1) is 14.7. The highest BCUT2D eigenvalue weighted by Gasteiger charge is 2.34. The Morgan fingerprint density at radius 1 is 0.933 bits per heavy atom. The summed E-state index contributed by atoms with van der Waals surface area (Å²) in [4.78, 5) is 34.9. The number of aromatic nitrogens is 2. The van der Waals surface area contributed by atoms with E-state index in [1.807, 2.05) is 42.5 Å². The Hall–Kier alpha value is -3.54. The van der Waals surface area contributed by atoms with Crippen molar-refractivity contribution in [3.05, 3.63) is 90.0 Å². The number of rotatable bonds is 7. The minimum atomic E-state index is -0.334. The molecule has 3 heterocycles. The lowest BCUT2D eigenvalue weighted by atomic mass is 10.0. The van der Waals surface area contributed by atoms with E-state index in [1.54, 1.807) is 29.7 Å². The van der Waals surface area contributed by atoms with Gasteiger partial charge in [-0.2, -0.15) is 0 Å². The molecule has 0 bridgehead atoms. The van der Waals surface area contributed by atoms with Gasteiger partial charge < -0.3 is 10.2 Å². The van der Waals surface area contributed by atoms with Crippen molar-refractivity contribution in [2.75, 3.05) is 11.9 Å². The Morgan fingerprint density at radius 2 is 1.60 bits per heavy atom. The third kappa shape index (κ3) is 5.08. The topological polar surface area (TPSA) is 75.2 Å². The monoisotopic (exact) mass is 400 g/mol. The van der Waals surface area contributed by atoms with E-state index >= 15 is 0 Å². The van der Waals surface area contributed by atoms with E-state index in [0.29, 0.717) is 13.1 Å². The van der Waals surface area contributed by atoms with Crippen LogP contribution < -0.4 is 5.32 Å². The third-order valence-electron chi connectivity index (χ3n) is 5.35. The molecule has 1 N–H and O–H groups in total. The van der Waals surface area contributed by atoms with Crippen LogP contribution in [0.5, 0.6) is 0 Å². The van der Waals surface area contributed by atoms with Gasteiger partial charge in [-0.25, -0.2) is 0 Å². The van der Waals surface area contributed by atoms with E-state index in [9.17, 15) is 9.59 Å². The number of aryl methyl sites for hydroxylation is 2. The molecule has 1 atom stereocenters. The predicted molar refractivity (Wildman–Crippen MR) is 114 cm³/mol. The number of nitrogens with one attached hydrogen (secondary N) is 1. The maximum Gasteiger partial charge on any atom is 0.229 e. The number of carbonyl (C=O) groups is 2. The van der Waals surface area contributed by atoms with Gasteiger partial charge in [-0.05, 0) is 65.9 Å². The number of pyridine rings is 2. The number of likely N-dealkylation sites (tertiary alicyclic amines) is 1. The number of hydrogen-bond acceptors (Lipinski definition) is 4. The lowest BCUT2D eigenvalue weighted by Gasteiger charge is -2.16. The van der Waals surface area contributed by atoms with Crippen molar-refractivity contribution in [1.29, 1.82) is 0 Å². The van der Waals surface area contributed by atoms with Crippen molar-refractivity contribution in [2.24, 2.45) is 5.92 Å². The molecule has 1 aliphatic rings. The van der Waals surface area contributed by atoms with Crippen LogP contribution in [-0.2, 0) is 29.0 Å². The van der Waals surface area contributed by atoms with Crippen LogP contribution in [0.2, 0.25) is 0 Å². The molecule has 0 unspecified atom stereocenters. The molecule has 1 aliphatic heterocycles. The van der Waals surface area contributed by atoms with E-state index in [0.717, 1.165) is 29.7 Å². The summed E-state index contributed by atoms with van der Waals surface area (Å²) < 4.78 is 0. The lowest BCUT2D eigenvalue weighted by molar-refractivity contribution is -0.128. The fourth-order valence-electron chi connectivity index (χ4n) is 3.70. The molecule has 0 radical (unpaired) electrons. The molecule has 1 saturated heterocycles. The fraction of sp³-hybridized carbons (Fsp3) is 0.250. The molecule has 152 valence electrons. The van der Waals surface area contributed by atoms with Gasteiger partial charge in [-0.15, -0.1) is 0 Å². The van der Waals surface area contributed by atoms with Crippen molar-refractivity contribution in [3.8, 4) is 0 Å². The first-order valence-electron chi connectivity index (χ1n) is 10.1. The largest absolute Gasteiger partial charge is 0.338 e. The number of benzene rings is 1. The van der Waals surface area contributed by atoms with Crippen LogP contribution in [0.1, 0.15) is 23.1 Å². The summed E-state index contributed by atoms with van der Waals surface area (Å²) in [7, 11) is 0. The molecule has 30 heavy (non-hydrogen) atoms. The van der Waals surface area contributed by atoms with E-state index in [4.69, 9.17) is 0 Å². The summed E-state index contributed by atoms with van der Waals surface area (Å²) in [5.74, 6) is -0.426. The second-order valence-electron chi connectivity index (χ2n) is 7.58. The van der Waals surface area contributed by atoms with E-state index in [-0.39, 0.29) is 24.2 Å². The summed E-state index contributed by atoms with van der Waals surface area (Å²) in [6.07, 6.45) is 9.07. The van der Waals surface area contributed by atoms with Gasteiger partial charge in [0.2, 0.25) is 11.8 Å². The fourth-order valence-corrected chi connectivity index (χ4v) is 3.70. The zero-order valence-electron chi connectivity index (χ0n) is 16.7. The first-order valence-corrected chi connectivity index (χ1v) is 10.1. The molecule has 0 saturated carbocycles. The van der Waals surface area contributed by atoms with Crippen molar-refractivity contribution in [3.63, 3.8) is 0 Å². The number of carbonyl (C=O) groups excluding carboxylic acids is 2. The summed E-state index contributed by atoms with van der Waals surface area (Å²) in [5, 5.41) is 2.99. The third-order valence-corrected chi connectivity index (χ3v) is 5.35. The highest BCUT2D eigenvalue weighted by atomic mass is 16.2. The highest BCUT2D eigenvalue weighted by Crippen LogP contribution is 2.22. The Labute approximate surface area is 176 Å². The van der Waals surface area contributed by atoms with Gasteiger partial charge in [0.15, 0.2) is 0 Å². The molecule has 2 amide bonds. The predicted octanol–water partition coefficient (Wildman–Crippen LogP) is 3.25. The number of amides is 2. The van der Waals surface area contributed by atoms with Gasteiger partial charge in [0.25, 0.3) is 0 Å². The van der Waals surface area contributed by atoms with Gasteiger partial charge >= 0.3 is 0 Å². The molecule has 3 aromatic rings. The SMILES string of the molecule is O=C(Nc1cccc(CCc2ccncc2)c1)[C@H]1CC(=O)N(Cc2ccncc2)C1. The number of anilines is 1. The Kier molecular flexibility index (Phi) is 6.13. The van der Waals surface area contributed by atoms with E-state index < -0.39 is 0 Å². The quantitative estimate of drug-likeness (QED) is 0.661. The normalized spacial score (nSPS) is 15.9. The Bertz CT molecular complexity index is 1010. The Morgan fingerprint density at radius 3 is 2.33 bits per heavy atom. The molecule has 0 spiro atoms. The molecule has 4 rings (SSSR count). The van der Waals surface area contributed by atoms with Crippen LogP contribution in [0.4, 0.5) is 5.69 Å². The van der Waals surface area contributed by atoms with Crippen LogP contribution >= 0.6 is 0 Å². The highest BCUT2D eigenvalue weighted by molar-refractivity contribution is 5.97. The molecule has 2 aromatic heterocycles. The average Bonchev–Trinajstić information content (AvgIpc) is 3.14. The maximum absolute atomic E-state index is 12.7. The van der Waals surface area contributed by atoms with Crippen LogP contribution in [0.15, 0.2) is 73.3 Å². The molecule has 6 heteroatoms. The smallest absolute Gasteiger partial charge is 0.229 e. The first kappa shape index (κ1) is 19.8. The standard InChI is InChI=1S/C24H24N4O2/c29-23-15-21(17-28(23)16-20-8-12-26-13-9-20)24(30)27-22-3-1-2-19(14-22)5-4-18-6-10-25-11-7-18/h1-3,6-14,21H,4-5,15-17H2,(H,27,30)/t21-/m0/s1. The second kappa shape index (κ2) is 9.31. The minimum Gasteiger partial charge on any atom is -0.338 e. The average molecular weight is 400 g/mol.